The van der Waals surface area contributed by atoms with Crippen molar-refractivity contribution in [1.82, 2.24) is 15.5 Å². The van der Waals surface area contributed by atoms with Crippen molar-refractivity contribution in [1.29, 1.82) is 0 Å². The number of Topliss-reactive ketones (excluding diaryl/α,β-unsaturated/α-hetero) is 3. The van der Waals surface area contributed by atoms with Gasteiger partial charge >= 0.3 is 6.03 Å². The molecule has 3 amide bonds. The van der Waals surface area contributed by atoms with Gasteiger partial charge < -0.3 is 15.5 Å². The van der Waals surface area contributed by atoms with Crippen molar-refractivity contribution >= 4 is 39.1 Å². The molecule has 1 aliphatic heterocycles. The van der Waals surface area contributed by atoms with Gasteiger partial charge in [-0.25, -0.2) is 13.2 Å². The van der Waals surface area contributed by atoms with E-state index >= 15 is 0 Å². The number of amides is 3. The Kier molecular flexibility index (Phi) is 11.7. The Morgan fingerprint density at radius 2 is 1.74 bits per heavy atom. The lowest BCUT2D eigenvalue weighted by molar-refractivity contribution is -0.144. The zero-order chi connectivity index (χ0) is 34.7. The number of likely N-dealkylation sites (tertiary alicyclic amines) is 1. The van der Waals surface area contributed by atoms with Gasteiger partial charge in [0.05, 0.1) is 17.3 Å². The van der Waals surface area contributed by atoms with E-state index in [-0.39, 0.29) is 54.5 Å². The Labute approximate surface area is 275 Å². The van der Waals surface area contributed by atoms with Crippen LogP contribution in [0, 0.1) is 40.9 Å². The first kappa shape index (κ1) is 37.5. The Morgan fingerprint density at radius 3 is 2.28 bits per heavy atom. The molecule has 0 aromatic carbocycles. The van der Waals surface area contributed by atoms with Gasteiger partial charge in [-0.2, -0.15) is 0 Å². The second-order valence-electron chi connectivity index (χ2n) is 15.4. The van der Waals surface area contributed by atoms with Crippen molar-refractivity contribution in [2.24, 2.45) is 28.6 Å². The van der Waals surface area contributed by atoms with E-state index in [1.54, 1.807) is 11.0 Å². The van der Waals surface area contributed by atoms with Gasteiger partial charge in [-0.15, -0.1) is 18.9 Å². The van der Waals surface area contributed by atoms with Gasteiger partial charge in [-0.05, 0) is 48.3 Å². The molecule has 256 valence electrons. The first-order chi connectivity index (χ1) is 21.3. The molecule has 3 rings (SSSR count). The lowest BCUT2D eigenvalue weighted by Crippen LogP contribution is -2.63. The lowest BCUT2D eigenvalue weighted by Gasteiger charge is -2.40. The molecule has 3 aliphatic rings. The van der Waals surface area contributed by atoms with Crippen molar-refractivity contribution in [2.45, 2.75) is 116 Å². The van der Waals surface area contributed by atoms with Crippen LogP contribution in [0.25, 0.3) is 0 Å². The van der Waals surface area contributed by atoms with E-state index in [1.807, 2.05) is 20.8 Å². The first-order valence-corrected chi connectivity index (χ1v) is 18.5. The molecule has 2 saturated carbocycles. The summed E-state index contributed by atoms with van der Waals surface area (Å²) in [5.74, 6) is -0.470. The van der Waals surface area contributed by atoms with Crippen molar-refractivity contribution in [3.05, 3.63) is 12.7 Å². The van der Waals surface area contributed by atoms with Gasteiger partial charge in [-0.1, -0.05) is 60.0 Å². The number of rotatable bonds is 15. The van der Waals surface area contributed by atoms with Gasteiger partial charge in [-0.3, -0.25) is 19.2 Å². The number of ketones is 3. The minimum absolute atomic E-state index is 0.0152. The van der Waals surface area contributed by atoms with E-state index in [0.717, 1.165) is 25.5 Å². The maximum atomic E-state index is 14.3. The van der Waals surface area contributed by atoms with Gasteiger partial charge in [0.2, 0.25) is 11.7 Å². The zero-order valence-corrected chi connectivity index (χ0v) is 29.3. The zero-order valence-electron chi connectivity index (χ0n) is 28.4. The highest BCUT2D eigenvalue weighted by molar-refractivity contribution is 7.90. The Bertz CT molecular complexity index is 1360. The minimum atomic E-state index is -3.39. The maximum absolute atomic E-state index is 14.3. The van der Waals surface area contributed by atoms with Gasteiger partial charge in [0, 0.05) is 38.0 Å². The highest BCUT2D eigenvalue weighted by atomic mass is 32.2. The maximum Gasteiger partial charge on any atom is 0.315 e. The predicted molar refractivity (Wildman–Crippen MR) is 177 cm³/mol. The summed E-state index contributed by atoms with van der Waals surface area (Å²) in [6.07, 6.45) is 12.4. The molecule has 10 nitrogen and oxygen atoms in total. The number of terminal acetylenes is 1. The molecule has 1 saturated heterocycles. The lowest BCUT2D eigenvalue weighted by atomic mass is 9.82. The van der Waals surface area contributed by atoms with Crippen LogP contribution in [-0.4, -0.2) is 78.8 Å². The fourth-order valence-electron chi connectivity index (χ4n) is 7.67. The number of hydrogen-bond donors (Lipinski definition) is 2. The summed E-state index contributed by atoms with van der Waals surface area (Å²) in [4.78, 5) is 69.1. The SMILES string of the molecule is C#CCCC(CC(=O)[C@@H]1[C@@H]2C(CN1C(=O)[C@@H](NC(=O)NC1(CS(C)(=O)=O)CCCCC1)C(C)(C)C)C2(C)C)C(=O)C(=O)CCC=C. The van der Waals surface area contributed by atoms with Crippen LogP contribution in [0.2, 0.25) is 0 Å². The Morgan fingerprint density at radius 1 is 1.11 bits per heavy atom. The molecule has 0 radical (unpaired) electrons. The summed E-state index contributed by atoms with van der Waals surface area (Å²) in [5, 5.41) is 5.77. The van der Waals surface area contributed by atoms with Gasteiger partial charge in [0.15, 0.2) is 11.6 Å². The highest BCUT2D eigenvalue weighted by Crippen LogP contribution is 2.65. The smallest absolute Gasteiger partial charge is 0.315 e. The summed E-state index contributed by atoms with van der Waals surface area (Å²) >= 11 is 0. The summed E-state index contributed by atoms with van der Waals surface area (Å²) in [6.45, 7) is 13.5. The van der Waals surface area contributed by atoms with Crippen LogP contribution in [0.4, 0.5) is 4.79 Å². The Hall–Kier alpha value is -3.00. The molecule has 0 spiro atoms. The topological polar surface area (TPSA) is 147 Å². The molecule has 0 aromatic rings. The van der Waals surface area contributed by atoms with Crippen molar-refractivity contribution in [3.8, 4) is 12.3 Å². The van der Waals surface area contributed by atoms with Crippen LogP contribution in [0.3, 0.4) is 0 Å². The summed E-state index contributed by atoms with van der Waals surface area (Å²) in [7, 11) is -3.39. The van der Waals surface area contributed by atoms with Crippen LogP contribution < -0.4 is 10.6 Å². The van der Waals surface area contributed by atoms with Crippen molar-refractivity contribution in [3.63, 3.8) is 0 Å². The van der Waals surface area contributed by atoms with Gasteiger partial charge in [0.25, 0.3) is 0 Å². The number of hydrogen-bond acceptors (Lipinski definition) is 7. The van der Waals surface area contributed by atoms with Crippen LogP contribution in [-0.2, 0) is 29.0 Å². The third kappa shape index (κ3) is 8.87. The summed E-state index contributed by atoms with van der Waals surface area (Å²) in [6, 6.07) is -2.44. The van der Waals surface area contributed by atoms with E-state index in [0.29, 0.717) is 25.8 Å². The fraction of sp³-hybridized carbons (Fsp3) is 0.743. The van der Waals surface area contributed by atoms with Crippen LogP contribution in [0.5, 0.6) is 0 Å². The Balaban J connectivity index is 1.85. The van der Waals surface area contributed by atoms with E-state index in [2.05, 4.69) is 37.0 Å². The van der Waals surface area contributed by atoms with E-state index in [4.69, 9.17) is 6.42 Å². The second-order valence-corrected chi connectivity index (χ2v) is 17.6. The number of sulfone groups is 1. The average Bonchev–Trinajstić information content (AvgIpc) is 3.26. The molecular formula is C35H53N3O7S. The van der Waals surface area contributed by atoms with E-state index in [9.17, 15) is 32.4 Å². The van der Waals surface area contributed by atoms with Crippen LogP contribution in [0.15, 0.2) is 12.7 Å². The third-order valence-corrected chi connectivity index (χ3v) is 11.3. The summed E-state index contributed by atoms with van der Waals surface area (Å²) in [5.41, 5.74) is -1.85. The van der Waals surface area contributed by atoms with E-state index < -0.39 is 62.3 Å². The molecule has 0 bridgehead atoms. The van der Waals surface area contributed by atoms with E-state index in [1.165, 1.54) is 0 Å². The second kappa shape index (κ2) is 14.4. The monoisotopic (exact) mass is 659 g/mol. The molecule has 0 aromatic heterocycles. The standard InChI is InChI=1S/C35H53N3O7S/c1-9-11-16-23(29(41)25(39)17-12-10-2)20-26(40)28-27-24(34(27,6)7)21-38(28)31(42)30(33(3,4)5)36-32(43)37-35(22-46(8,44)45)18-14-13-15-19-35/h1,10,23-24,27-28,30H,2,11-22H2,3-8H3,(H2,36,37,43)/t23?,24?,27-,28+,30+/m0/s1. The molecule has 46 heavy (non-hydrogen) atoms. The molecule has 5 atom stereocenters. The minimum Gasteiger partial charge on any atom is -0.332 e. The van der Waals surface area contributed by atoms with Crippen LogP contribution in [0.1, 0.15) is 98.8 Å². The third-order valence-electron chi connectivity index (χ3n) is 10.2. The molecule has 1 heterocycles. The molecule has 2 aliphatic carbocycles. The van der Waals surface area contributed by atoms with Crippen molar-refractivity contribution < 1.29 is 32.4 Å². The quantitative estimate of drug-likeness (QED) is 0.153. The largest absolute Gasteiger partial charge is 0.332 e. The summed E-state index contributed by atoms with van der Waals surface area (Å²) < 4.78 is 24.6. The number of fused-ring (bicyclic) bond motifs is 1. The number of allylic oxidation sites excluding steroid dienone is 1. The van der Waals surface area contributed by atoms with Crippen LogP contribution >= 0.6 is 0 Å². The van der Waals surface area contributed by atoms with Gasteiger partial charge in [0.1, 0.15) is 15.9 Å². The number of piperidine rings is 1. The fourth-order valence-corrected chi connectivity index (χ4v) is 9.04. The normalized spacial score (nSPS) is 24.5. The number of nitrogens with zero attached hydrogens (tertiary/aromatic N) is 1. The molecule has 2 unspecified atom stereocenters. The number of carbonyl (C=O) groups excluding carboxylic acids is 5. The molecule has 3 fully saturated rings. The van der Waals surface area contributed by atoms with Crippen molar-refractivity contribution in [2.75, 3.05) is 18.6 Å². The average molecular weight is 660 g/mol. The highest BCUT2D eigenvalue weighted by Gasteiger charge is 2.69. The molecular weight excluding hydrogens is 606 g/mol. The number of urea groups is 1. The number of carbonyl (C=O) groups is 5. The first-order valence-electron chi connectivity index (χ1n) is 16.5. The predicted octanol–water partition coefficient (Wildman–Crippen LogP) is 4.02. The number of nitrogens with one attached hydrogen (secondary N) is 2. The molecule has 11 heteroatoms. The molecule has 2 N–H and O–H groups in total.